The second-order valence-corrected chi connectivity index (χ2v) is 12.4. The third-order valence-corrected chi connectivity index (χ3v) is 10.1. The third kappa shape index (κ3) is 4.63. The fourth-order valence-corrected chi connectivity index (χ4v) is 7.64. The van der Waals surface area contributed by atoms with E-state index in [1.807, 2.05) is 0 Å². The zero-order chi connectivity index (χ0) is 31.1. The average Bonchev–Trinajstić information content (AvgIpc) is 3.41. The van der Waals surface area contributed by atoms with E-state index >= 15 is 0 Å². The summed E-state index contributed by atoms with van der Waals surface area (Å²) in [6.45, 7) is 4.71. The molecule has 0 N–H and O–H groups in total. The van der Waals surface area contributed by atoms with Gasteiger partial charge in [0.2, 0.25) is 0 Å². The predicted octanol–water partition coefficient (Wildman–Crippen LogP) is 12.7. The second kappa shape index (κ2) is 11.5. The Hall–Kier alpha value is -5.40. The Morgan fingerprint density at radius 1 is 0.391 bits per heavy atom. The third-order valence-electron chi connectivity index (χ3n) is 10.1. The molecular formula is C45H37N. The highest BCUT2D eigenvalue weighted by atomic mass is 15.1. The van der Waals surface area contributed by atoms with Crippen molar-refractivity contribution in [1.82, 2.24) is 0 Å². The number of rotatable bonds is 7. The molecule has 1 aliphatic rings. The molecule has 0 saturated heterocycles. The van der Waals surface area contributed by atoms with E-state index in [0.717, 1.165) is 24.2 Å². The fraction of sp³-hybridized carbons (Fsp3) is 0.111. The maximum atomic E-state index is 2.48. The van der Waals surface area contributed by atoms with Crippen LogP contribution in [0.2, 0.25) is 0 Å². The molecule has 0 saturated carbocycles. The van der Waals surface area contributed by atoms with Gasteiger partial charge in [-0.2, -0.15) is 0 Å². The minimum Gasteiger partial charge on any atom is -0.310 e. The molecular weight excluding hydrogens is 555 g/mol. The number of nitrogens with zero attached hydrogens (tertiary/aromatic N) is 1. The summed E-state index contributed by atoms with van der Waals surface area (Å²) >= 11 is 0. The van der Waals surface area contributed by atoms with E-state index < -0.39 is 0 Å². The van der Waals surface area contributed by atoms with Crippen LogP contribution >= 0.6 is 0 Å². The molecule has 0 aliphatic heterocycles. The lowest BCUT2D eigenvalue weighted by molar-refractivity contribution is 0.490. The SMILES string of the molecule is CCC1(CC)c2cc(-c3ccc4ccccc4c3)ccc2-c2ccc(N(c3ccccc3)c3ccc(-c4ccccc4)cc3)cc21. The van der Waals surface area contributed by atoms with Gasteiger partial charge in [-0.25, -0.2) is 0 Å². The monoisotopic (exact) mass is 591 g/mol. The second-order valence-electron chi connectivity index (χ2n) is 12.4. The van der Waals surface area contributed by atoms with Crippen molar-refractivity contribution in [2.24, 2.45) is 0 Å². The van der Waals surface area contributed by atoms with Crippen molar-refractivity contribution in [2.45, 2.75) is 32.1 Å². The number of hydrogen-bond donors (Lipinski definition) is 0. The van der Waals surface area contributed by atoms with Crippen molar-refractivity contribution < 1.29 is 0 Å². The standard InChI is InChI=1S/C45H37N/c1-3-45(4-2)43-30-37(36-20-19-33-15-11-12-16-35(33)29-36)23-27-41(43)42-28-26-40(31-44(42)45)46(38-17-9-6-10-18-38)39-24-21-34(22-25-39)32-13-7-5-8-14-32/h5-31H,3-4H2,1-2H3. The van der Waals surface area contributed by atoms with Gasteiger partial charge >= 0.3 is 0 Å². The van der Waals surface area contributed by atoms with E-state index in [9.17, 15) is 0 Å². The van der Waals surface area contributed by atoms with Crippen molar-refractivity contribution >= 4 is 27.8 Å². The van der Waals surface area contributed by atoms with Crippen molar-refractivity contribution in [1.29, 1.82) is 0 Å². The van der Waals surface area contributed by atoms with Crippen molar-refractivity contribution in [3.05, 3.63) is 175 Å². The first-order chi connectivity index (χ1) is 22.7. The Kier molecular flexibility index (Phi) is 7.03. The first-order valence-electron chi connectivity index (χ1n) is 16.5. The lowest BCUT2D eigenvalue weighted by Crippen LogP contribution is -2.23. The Balaban J connectivity index is 1.23. The molecule has 1 aliphatic carbocycles. The topological polar surface area (TPSA) is 3.24 Å². The van der Waals surface area contributed by atoms with Gasteiger partial charge in [0.1, 0.15) is 0 Å². The summed E-state index contributed by atoms with van der Waals surface area (Å²) in [6, 6.07) is 60.1. The molecule has 46 heavy (non-hydrogen) atoms. The van der Waals surface area contributed by atoms with Crippen LogP contribution in [0.4, 0.5) is 17.1 Å². The van der Waals surface area contributed by atoms with Crippen molar-refractivity contribution in [2.75, 3.05) is 4.90 Å². The largest absolute Gasteiger partial charge is 0.310 e. The van der Waals surface area contributed by atoms with Crippen molar-refractivity contribution in [3.8, 4) is 33.4 Å². The van der Waals surface area contributed by atoms with E-state index in [2.05, 4.69) is 183 Å². The average molecular weight is 592 g/mol. The van der Waals surface area contributed by atoms with Gasteiger partial charge in [0.05, 0.1) is 0 Å². The summed E-state index contributed by atoms with van der Waals surface area (Å²) in [6.07, 6.45) is 2.09. The highest BCUT2D eigenvalue weighted by Gasteiger charge is 2.41. The van der Waals surface area contributed by atoms with Gasteiger partial charge in [0.25, 0.3) is 0 Å². The zero-order valence-corrected chi connectivity index (χ0v) is 26.4. The maximum absolute atomic E-state index is 2.48. The summed E-state index contributed by atoms with van der Waals surface area (Å²) in [4.78, 5) is 2.40. The van der Waals surface area contributed by atoms with Crippen LogP contribution in [0.25, 0.3) is 44.2 Å². The van der Waals surface area contributed by atoms with Gasteiger partial charge in [-0.05, 0) is 117 Å². The molecule has 0 atom stereocenters. The summed E-state index contributed by atoms with van der Waals surface area (Å²) < 4.78 is 0. The molecule has 1 nitrogen and oxygen atoms in total. The summed E-state index contributed by atoms with van der Waals surface area (Å²) in [5.74, 6) is 0. The molecule has 0 heterocycles. The van der Waals surface area contributed by atoms with E-state index in [1.54, 1.807) is 0 Å². The molecule has 0 aromatic heterocycles. The zero-order valence-electron chi connectivity index (χ0n) is 26.4. The van der Waals surface area contributed by atoms with Gasteiger partial charge in [-0.3, -0.25) is 0 Å². The van der Waals surface area contributed by atoms with Crippen LogP contribution in [0, 0.1) is 0 Å². The van der Waals surface area contributed by atoms with Gasteiger partial charge in [0, 0.05) is 22.5 Å². The first kappa shape index (κ1) is 28.1. The summed E-state index contributed by atoms with van der Waals surface area (Å²) in [5.41, 5.74) is 14.1. The first-order valence-corrected chi connectivity index (χ1v) is 16.5. The highest BCUT2D eigenvalue weighted by molar-refractivity contribution is 5.90. The Morgan fingerprint density at radius 3 is 1.61 bits per heavy atom. The van der Waals surface area contributed by atoms with Crippen LogP contribution in [0.15, 0.2) is 164 Å². The lowest BCUT2D eigenvalue weighted by atomic mass is 9.73. The van der Waals surface area contributed by atoms with E-state index in [4.69, 9.17) is 0 Å². The van der Waals surface area contributed by atoms with Crippen LogP contribution in [0.3, 0.4) is 0 Å². The molecule has 222 valence electrons. The molecule has 7 aromatic rings. The van der Waals surface area contributed by atoms with E-state index in [1.165, 1.54) is 61.0 Å². The number of benzene rings is 7. The normalized spacial score (nSPS) is 12.9. The van der Waals surface area contributed by atoms with Crippen LogP contribution in [0.5, 0.6) is 0 Å². The fourth-order valence-electron chi connectivity index (χ4n) is 7.64. The van der Waals surface area contributed by atoms with Crippen LogP contribution in [0.1, 0.15) is 37.8 Å². The lowest BCUT2D eigenvalue weighted by Gasteiger charge is -2.32. The molecule has 0 bridgehead atoms. The van der Waals surface area contributed by atoms with Gasteiger partial charge in [-0.1, -0.05) is 129 Å². The molecule has 8 rings (SSSR count). The van der Waals surface area contributed by atoms with Gasteiger partial charge in [-0.15, -0.1) is 0 Å². The number of para-hydroxylation sites is 1. The van der Waals surface area contributed by atoms with Crippen LogP contribution in [-0.2, 0) is 5.41 Å². The van der Waals surface area contributed by atoms with E-state index in [0.29, 0.717) is 0 Å². The van der Waals surface area contributed by atoms with E-state index in [-0.39, 0.29) is 5.41 Å². The maximum Gasteiger partial charge on any atom is 0.0465 e. The Bertz CT molecular complexity index is 2160. The minimum atomic E-state index is -0.0486. The molecule has 0 fully saturated rings. The van der Waals surface area contributed by atoms with Crippen LogP contribution < -0.4 is 4.90 Å². The number of hydrogen-bond acceptors (Lipinski definition) is 1. The Morgan fingerprint density at radius 2 is 0.891 bits per heavy atom. The summed E-state index contributed by atoms with van der Waals surface area (Å²) in [5, 5.41) is 2.56. The van der Waals surface area contributed by atoms with Gasteiger partial charge < -0.3 is 4.90 Å². The molecule has 0 radical (unpaired) electrons. The Labute approximate surface area is 272 Å². The molecule has 0 spiro atoms. The summed E-state index contributed by atoms with van der Waals surface area (Å²) in [7, 11) is 0. The smallest absolute Gasteiger partial charge is 0.0465 e. The van der Waals surface area contributed by atoms with Crippen molar-refractivity contribution in [3.63, 3.8) is 0 Å². The number of fused-ring (bicyclic) bond motifs is 4. The quantitative estimate of drug-likeness (QED) is 0.178. The number of anilines is 3. The highest BCUT2D eigenvalue weighted by Crippen LogP contribution is 2.55. The molecule has 0 unspecified atom stereocenters. The molecule has 0 amide bonds. The molecule has 1 heteroatoms. The minimum absolute atomic E-state index is 0.0486. The van der Waals surface area contributed by atoms with Gasteiger partial charge in [0.15, 0.2) is 0 Å². The van der Waals surface area contributed by atoms with Crippen LogP contribution in [-0.4, -0.2) is 0 Å². The molecule has 7 aromatic carbocycles. The predicted molar refractivity (Wildman–Crippen MR) is 196 cm³/mol.